The van der Waals surface area contributed by atoms with Gasteiger partial charge < -0.3 is 10.2 Å². The summed E-state index contributed by atoms with van der Waals surface area (Å²) in [5.41, 5.74) is -0.161. The molecule has 1 aromatic rings. The molecule has 0 aromatic heterocycles. The number of carboxylic acids is 1. The average Bonchev–Trinajstić information content (AvgIpc) is 2.40. The third-order valence-electron chi connectivity index (χ3n) is 2.77. The molecular weight excluding hydrogens is 296 g/mol. The number of carboxylic acid groups (broad SMARTS) is 1. The van der Waals surface area contributed by atoms with E-state index in [2.05, 4.69) is 4.72 Å². The van der Waals surface area contributed by atoms with Gasteiger partial charge in [0.25, 0.3) is 0 Å². The molecule has 0 spiro atoms. The van der Waals surface area contributed by atoms with Crippen molar-refractivity contribution in [3.8, 4) is 5.75 Å². The molecule has 0 unspecified atom stereocenters. The normalized spacial score (nSPS) is 11.6. The minimum atomic E-state index is -3.78. The third kappa shape index (κ3) is 4.61. The first-order valence-corrected chi connectivity index (χ1v) is 8.10. The number of aromatic carboxylic acids is 1. The Kier molecular flexibility index (Phi) is 5.98. The molecule has 3 N–H and O–H groups in total. The van der Waals surface area contributed by atoms with Crippen LogP contribution in [0.2, 0.25) is 0 Å². The molecule has 0 radical (unpaired) electrons. The fraction of sp³-hybridized carbons (Fsp3) is 0.462. The second-order valence-electron chi connectivity index (χ2n) is 4.54. The van der Waals surface area contributed by atoms with E-state index in [0.29, 0.717) is 25.9 Å². The van der Waals surface area contributed by atoms with Crippen LogP contribution in [-0.2, 0) is 10.2 Å². The van der Waals surface area contributed by atoms with Gasteiger partial charge in [-0.05, 0) is 31.0 Å². The highest BCUT2D eigenvalue weighted by atomic mass is 32.2. The van der Waals surface area contributed by atoms with Crippen LogP contribution in [0.3, 0.4) is 0 Å². The number of phenols is 1. The summed E-state index contributed by atoms with van der Waals surface area (Å²) in [6, 6.07) is 3.46. The topological polar surface area (TPSA) is 107 Å². The van der Waals surface area contributed by atoms with Crippen molar-refractivity contribution in [3.05, 3.63) is 23.8 Å². The highest BCUT2D eigenvalue weighted by Crippen LogP contribution is 2.26. The molecule has 0 saturated carbocycles. The van der Waals surface area contributed by atoms with Crippen LogP contribution in [0.15, 0.2) is 18.2 Å². The Morgan fingerprint density at radius 3 is 2.24 bits per heavy atom. The molecule has 0 aliphatic rings. The van der Waals surface area contributed by atoms with Gasteiger partial charge in [0.15, 0.2) is 0 Å². The number of nitrogens with zero attached hydrogens (tertiary/aromatic N) is 1. The van der Waals surface area contributed by atoms with Crippen LogP contribution in [0.4, 0.5) is 5.69 Å². The van der Waals surface area contributed by atoms with Crippen molar-refractivity contribution in [2.75, 3.05) is 17.8 Å². The Morgan fingerprint density at radius 2 is 1.81 bits per heavy atom. The van der Waals surface area contributed by atoms with Crippen molar-refractivity contribution in [3.63, 3.8) is 0 Å². The molecule has 1 aromatic carbocycles. The van der Waals surface area contributed by atoms with Gasteiger partial charge in [-0.3, -0.25) is 4.72 Å². The quantitative estimate of drug-likeness (QED) is 0.635. The van der Waals surface area contributed by atoms with E-state index >= 15 is 0 Å². The summed E-state index contributed by atoms with van der Waals surface area (Å²) in [5, 5.41) is 18.5. The van der Waals surface area contributed by atoms with Gasteiger partial charge in [-0.1, -0.05) is 13.8 Å². The lowest BCUT2D eigenvalue weighted by molar-refractivity contribution is 0.0696. The van der Waals surface area contributed by atoms with Crippen molar-refractivity contribution < 1.29 is 23.4 Å². The van der Waals surface area contributed by atoms with Gasteiger partial charge in [0.2, 0.25) is 0 Å². The number of carbonyl (C=O) groups is 1. The van der Waals surface area contributed by atoms with Crippen LogP contribution < -0.4 is 4.72 Å². The van der Waals surface area contributed by atoms with E-state index in [9.17, 15) is 18.3 Å². The lowest BCUT2D eigenvalue weighted by atomic mass is 10.2. The summed E-state index contributed by atoms with van der Waals surface area (Å²) in [4.78, 5) is 10.8. The Morgan fingerprint density at radius 1 is 1.24 bits per heavy atom. The van der Waals surface area contributed by atoms with Crippen molar-refractivity contribution in [2.24, 2.45) is 0 Å². The molecule has 0 bridgehead atoms. The summed E-state index contributed by atoms with van der Waals surface area (Å²) >= 11 is 0. The van der Waals surface area contributed by atoms with Crippen molar-refractivity contribution in [1.82, 2.24) is 4.31 Å². The third-order valence-corrected chi connectivity index (χ3v) is 4.29. The van der Waals surface area contributed by atoms with Crippen LogP contribution in [0, 0.1) is 0 Å². The monoisotopic (exact) mass is 316 g/mol. The van der Waals surface area contributed by atoms with Crippen LogP contribution >= 0.6 is 0 Å². The molecule has 0 aliphatic heterocycles. The van der Waals surface area contributed by atoms with Gasteiger partial charge in [-0.15, -0.1) is 0 Å². The summed E-state index contributed by atoms with van der Waals surface area (Å²) in [6.07, 6.45) is 1.34. The number of hydrogen-bond donors (Lipinski definition) is 3. The second kappa shape index (κ2) is 7.28. The SMILES string of the molecule is CCCN(CCC)S(=O)(=O)Nc1ccc(C(=O)O)cc1O. The maximum atomic E-state index is 12.2. The zero-order valence-corrected chi connectivity index (χ0v) is 12.9. The van der Waals surface area contributed by atoms with Gasteiger partial charge in [0.05, 0.1) is 11.3 Å². The maximum absolute atomic E-state index is 12.2. The molecule has 118 valence electrons. The van der Waals surface area contributed by atoms with Crippen molar-refractivity contribution in [1.29, 1.82) is 0 Å². The number of rotatable bonds is 8. The predicted octanol–water partition coefficient (Wildman–Crippen LogP) is 1.87. The summed E-state index contributed by atoms with van der Waals surface area (Å²) in [6.45, 7) is 4.49. The number of phenolic OH excluding ortho intramolecular Hbond substituents is 1. The second-order valence-corrected chi connectivity index (χ2v) is 6.21. The minimum Gasteiger partial charge on any atom is -0.506 e. The summed E-state index contributed by atoms with van der Waals surface area (Å²) in [5.74, 6) is -1.62. The number of hydrogen-bond acceptors (Lipinski definition) is 4. The van der Waals surface area contributed by atoms with E-state index < -0.39 is 21.9 Å². The van der Waals surface area contributed by atoms with Crippen molar-refractivity contribution >= 4 is 21.9 Å². The summed E-state index contributed by atoms with van der Waals surface area (Å²) < 4.78 is 28.0. The molecule has 0 fully saturated rings. The number of benzene rings is 1. The van der Waals surface area contributed by atoms with Crippen LogP contribution in [0.25, 0.3) is 0 Å². The Hall–Kier alpha value is -1.80. The van der Waals surface area contributed by atoms with Gasteiger partial charge >= 0.3 is 16.2 Å². The number of nitrogens with one attached hydrogen (secondary N) is 1. The molecule has 21 heavy (non-hydrogen) atoms. The molecule has 8 heteroatoms. The van der Waals surface area contributed by atoms with Crippen LogP contribution in [-0.4, -0.2) is 42.0 Å². The largest absolute Gasteiger partial charge is 0.506 e. The zero-order chi connectivity index (χ0) is 16.0. The van der Waals surface area contributed by atoms with Gasteiger partial charge in [-0.2, -0.15) is 12.7 Å². The smallest absolute Gasteiger partial charge is 0.335 e. The molecule has 7 nitrogen and oxygen atoms in total. The van der Waals surface area contributed by atoms with Gasteiger partial charge in [-0.25, -0.2) is 4.79 Å². The first-order chi connectivity index (χ1) is 9.81. The van der Waals surface area contributed by atoms with E-state index in [-0.39, 0.29) is 11.3 Å². The molecular formula is C13H20N2O5S. The summed E-state index contributed by atoms with van der Waals surface area (Å²) in [7, 11) is -3.78. The first-order valence-electron chi connectivity index (χ1n) is 6.66. The maximum Gasteiger partial charge on any atom is 0.335 e. The van der Waals surface area contributed by atoms with E-state index in [1.165, 1.54) is 16.4 Å². The fourth-order valence-electron chi connectivity index (χ4n) is 1.81. The van der Waals surface area contributed by atoms with Gasteiger partial charge in [0, 0.05) is 13.1 Å². The Bertz CT molecular complexity index is 595. The molecule has 1 rings (SSSR count). The lowest BCUT2D eigenvalue weighted by Gasteiger charge is -2.22. The van der Waals surface area contributed by atoms with E-state index in [1.54, 1.807) is 0 Å². The van der Waals surface area contributed by atoms with Crippen molar-refractivity contribution in [2.45, 2.75) is 26.7 Å². The van der Waals surface area contributed by atoms with E-state index in [1.807, 2.05) is 13.8 Å². The highest BCUT2D eigenvalue weighted by molar-refractivity contribution is 7.90. The van der Waals surface area contributed by atoms with Gasteiger partial charge in [0.1, 0.15) is 5.75 Å². The minimum absolute atomic E-state index is 0.0443. The Labute approximate surface area is 124 Å². The molecule has 0 amide bonds. The standard InChI is InChI=1S/C13H20N2O5S/c1-3-7-15(8-4-2)21(19,20)14-11-6-5-10(13(17)18)9-12(11)16/h5-6,9,14,16H,3-4,7-8H2,1-2H3,(H,17,18). The Balaban J connectivity index is 3.00. The molecule has 0 atom stereocenters. The van der Waals surface area contributed by atoms with Crippen LogP contribution in [0.1, 0.15) is 37.0 Å². The van der Waals surface area contributed by atoms with E-state index in [4.69, 9.17) is 5.11 Å². The number of aromatic hydroxyl groups is 1. The van der Waals surface area contributed by atoms with Crippen LogP contribution in [0.5, 0.6) is 5.75 Å². The first kappa shape index (κ1) is 17.3. The lowest BCUT2D eigenvalue weighted by Crippen LogP contribution is -2.37. The average molecular weight is 316 g/mol. The highest BCUT2D eigenvalue weighted by Gasteiger charge is 2.21. The van der Waals surface area contributed by atoms with E-state index in [0.717, 1.165) is 6.07 Å². The predicted molar refractivity (Wildman–Crippen MR) is 79.8 cm³/mol. The number of anilines is 1. The molecule has 0 heterocycles. The molecule has 0 saturated heterocycles. The fourth-order valence-corrected chi connectivity index (χ4v) is 3.23. The zero-order valence-electron chi connectivity index (χ0n) is 12.0. The molecule has 0 aliphatic carbocycles.